The summed E-state index contributed by atoms with van der Waals surface area (Å²) >= 11 is 5.72. The number of nitrogens with zero attached hydrogens (tertiary/aromatic N) is 3. The van der Waals surface area contributed by atoms with Crippen LogP contribution in [-0.4, -0.2) is 25.6 Å². The number of hydrogen-bond acceptors (Lipinski definition) is 2. The van der Waals surface area contributed by atoms with Gasteiger partial charge in [0.1, 0.15) is 0 Å². The molecule has 5 heteroatoms. The monoisotopic (exact) mass is 368 g/mol. The van der Waals surface area contributed by atoms with E-state index in [0.717, 1.165) is 10.8 Å². The van der Waals surface area contributed by atoms with E-state index in [1.54, 1.807) is 0 Å². The molecule has 0 spiro atoms. The first-order chi connectivity index (χ1) is 12.7. The van der Waals surface area contributed by atoms with E-state index in [0.29, 0.717) is 12.1 Å². The Morgan fingerprint density at radius 1 is 1.12 bits per heavy atom. The molecule has 1 saturated heterocycles. The summed E-state index contributed by atoms with van der Waals surface area (Å²) in [7, 11) is 0. The van der Waals surface area contributed by atoms with Crippen LogP contribution in [0.25, 0.3) is 0 Å². The van der Waals surface area contributed by atoms with Crippen molar-refractivity contribution in [1.29, 1.82) is 0 Å². The largest absolute Gasteiger partial charge is 0.352 e. The van der Waals surface area contributed by atoms with Crippen LogP contribution in [0.1, 0.15) is 75.5 Å². The predicted molar refractivity (Wildman–Crippen MR) is 109 cm³/mol. The maximum Gasteiger partial charge on any atom is 0.170 e. The number of thiocarbonyl (C=S) groups is 1. The van der Waals surface area contributed by atoms with Gasteiger partial charge in [-0.3, -0.25) is 4.98 Å². The highest BCUT2D eigenvalue weighted by Gasteiger charge is 2.42. The van der Waals surface area contributed by atoms with Crippen molar-refractivity contribution in [3.05, 3.63) is 54.1 Å². The summed E-state index contributed by atoms with van der Waals surface area (Å²) in [6.07, 6.45) is 10.7. The molecule has 2 aliphatic rings. The van der Waals surface area contributed by atoms with Crippen LogP contribution in [-0.2, 0) is 0 Å². The Kier molecular flexibility index (Phi) is 4.98. The molecule has 4 nitrogen and oxygen atoms in total. The van der Waals surface area contributed by atoms with E-state index < -0.39 is 0 Å². The second-order valence-corrected chi connectivity index (χ2v) is 8.15. The summed E-state index contributed by atoms with van der Waals surface area (Å²) in [4.78, 5) is 6.98. The summed E-state index contributed by atoms with van der Waals surface area (Å²) in [5.74, 6) is 0. The predicted octanol–water partition coefficient (Wildman–Crippen LogP) is 4.77. The topological polar surface area (TPSA) is 33.1 Å². The Labute approximate surface area is 161 Å². The van der Waals surface area contributed by atoms with Gasteiger partial charge < -0.3 is 14.8 Å². The lowest BCUT2D eigenvalue weighted by Gasteiger charge is -2.34. The maximum atomic E-state index is 5.72. The molecule has 2 fully saturated rings. The number of hydrogen-bond donors (Lipinski definition) is 1. The molecule has 0 unspecified atom stereocenters. The molecule has 1 saturated carbocycles. The zero-order valence-electron chi connectivity index (χ0n) is 15.6. The zero-order chi connectivity index (χ0) is 18.1. The number of pyridine rings is 1. The van der Waals surface area contributed by atoms with Crippen molar-refractivity contribution in [3.8, 4) is 0 Å². The van der Waals surface area contributed by atoms with E-state index in [1.807, 2.05) is 12.3 Å². The number of nitrogens with one attached hydrogen (secondary N) is 1. The van der Waals surface area contributed by atoms with E-state index in [9.17, 15) is 0 Å². The van der Waals surface area contributed by atoms with Gasteiger partial charge in [0.25, 0.3) is 0 Å². The molecule has 1 aliphatic carbocycles. The molecule has 1 N–H and O–H groups in total. The number of aromatic nitrogens is 2. The Morgan fingerprint density at radius 2 is 1.92 bits per heavy atom. The molecule has 2 atom stereocenters. The SMILES string of the molecule is CC(C)N1C(=S)N[C@H](c2ccccn2)[C@@H]1c1cccn1C1CCCCC1. The molecule has 1 aliphatic heterocycles. The van der Waals surface area contributed by atoms with Crippen molar-refractivity contribution >= 4 is 17.3 Å². The maximum absolute atomic E-state index is 5.72. The molecular formula is C21H28N4S. The molecule has 2 aromatic heterocycles. The van der Waals surface area contributed by atoms with Gasteiger partial charge >= 0.3 is 0 Å². The van der Waals surface area contributed by atoms with E-state index in [1.165, 1.54) is 37.8 Å². The zero-order valence-corrected chi connectivity index (χ0v) is 16.5. The molecule has 0 aromatic carbocycles. The van der Waals surface area contributed by atoms with E-state index >= 15 is 0 Å². The minimum atomic E-state index is 0.0864. The Morgan fingerprint density at radius 3 is 2.62 bits per heavy atom. The van der Waals surface area contributed by atoms with Crippen LogP contribution in [0.2, 0.25) is 0 Å². The summed E-state index contributed by atoms with van der Waals surface area (Å²) in [5, 5.41) is 4.38. The lowest BCUT2D eigenvalue weighted by molar-refractivity contribution is 0.246. The first-order valence-electron chi connectivity index (χ1n) is 9.83. The summed E-state index contributed by atoms with van der Waals surface area (Å²) in [5.41, 5.74) is 2.41. The van der Waals surface area contributed by atoms with Crippen molar-refractivity contribution in [2.75, 3.05) is 0 Å². The Balaban J connectivity index is 1.75. The summed E-state index contributed by atoms with van der Waals surface area (Å²) in [6.45, 7) is 4.44. The van der Waals surface area contributed by atoms with Crippen LogP contribution in [0.3, 0.4) is 0 Å². The van der Waals surface area contributed by atoms with Crippen LogP contribution in [0.15, 0.2) is 42.7 Å². The van der Waals surface area contributed by atoms with Crippen molar-refractivity contribution < 1.29 is 0 Å². The van der Waals surface area contributed by atoms with Crippen LogP contribution in [0.5, 0.6) is 0 Å². The first kappa shape index (κ1) is 17.5. The summed E-state index contributed by atoms with van der Waals surface area (Å²) in [6, 6.07) is 11.8. The minimum absolute atomic E-state index is 0.0864. The fourth-order valence-electron chi connectivity index (χ4n) is 4.59. The van der Waals surface area contributed by atoms with Gasteiger partial charge in [0.15, 0.2) is 5.11 Å². The van der Waals surface area contributed by atoms with Crippen molar-refractivity contribution in [1.82, 2.24) is 19.8 Å². The van der Waals surface area contributed by atoms with Gasteiger partial charge in [-0.15, -0.1) is 0 Å². The fourth-order valence-corrected chi connectivity index (χ4v) is 5.04. The van der Waals surface area contributed by atoms with Crippen molar-refractivity contribution in [2.24, 2.45) is 0 Å². The second kappa shape index (κ2) is 7.39. The van der Waals surface area contributed by atoms with E-state index in [2.05, 4.69) is 64.1 Å². The average molecular weight is 369 g/mol. The molecule has 0 bridgehead atoms. The Hall–Kier alpha value is -1.88. The highest BCUT2D eigenvalue weighted by molar-refractivity contribution is 7.80. The third-order valence-electron chi connectivity index (χ3n) is 5.77. The van der Waals surface area contributed by atoms with Crippen LogP contribution in [0.4, 0.5) is 0 Å². The molecule has 138 valence electrons. The van der Waals surface area contributed by atoms with Gasteiger partial charge in [-0.25, -0.2) is 0 Å². The lowest BCUT2D eigenvalue weighted by Crippen LogP contribution is -2.36. The van der Waals surface area contributed by atoms with Crippen LogP contribution < -0.4 is 5.32 Å². The van der Waals surface area contributed by atoms with Gasteiger partial charge in [-0.1, -0.05) is 25.3 Å². The highest BCUT2D eigenvalue weighted by atomic mass is 32.1. The molecular weight excluding hydrogens is 340 g/mol. The van der Waals surface area contributed by atoms with Gasteiger partial charge in [-0.05, 0) is 63.2 Å². The van der Waals surface area contributed by atoms with Gasteiger partial charge in [0.05, 0.1) is 17.8 Å². The fraction of sp³-hybridized carbons (Fsp3) is 0.524. The normalized spacial score (nSPS) is 24.3. The quantitative estimate of drug-likeness (QED) is 0.788. The summed E-state index contributed by atoms with van der Waals surface area (Å²) < 4.78 is 2.52. The van der Waals surface area contributed by atoms with Gasteiger partial charge in [0.2, 0.25) is 0 Å². The second-order valence-electron chi connectivity index (χ2n) is 7.76. The lowest BCUT2D eigenvalue weighted by atomic mass is 9.94. The first-order valence-corrected chi connectivity index (χ1v) is 10.2. The molecule has 4 rings (SSSR count). The van der Waals surface area contributed by atoms with Crippen molar-refractivity contribution in [3.63, 3.8) is 0 Å². The van der Waals surface area contributed by atoms with Crippen LogP contribution in [0, 0.1) is 0 Å². The standard InChI is InChI=1S/C21H28N4S/c1-15(2)25-20(19(23-21(25)26)17-11-6-7-13-22-17)18-12-8-14-24(18)16-9-4-3-5-10-16/h6-8,11-16,19-20H,3-5,9-10H2,1-2H3,(H,23,26)/t19-,20+/m1/s1. The van der Waals surface area contributed by atoms with E-state index in [4.69, 9.17) is 12.2 Å². The minimum Gasteiger partial charge on any atom is -0.352 e. The third-order valence-corrected chi connectivity index (χ3v) is 6.10. The smallest absolute Gasteiger partial charge is 0.170 e. The molecule has 2 aromatic rings. The average Bonchev–Trinajstić information content (AvgIpc) is 3.27. The molecule has 0 amide bonds. The van der Waals surface area contributed by atoms with Gasteiger partial charge in [0, 0.05) is 30.2 Å². The Bertz CT molecular complexity index is 748. The third kappa shape index (κ3) is 3.13. The van der Waals surface area contributed by atoms with Crippen LogP contribution >= 0.6 is 12.2 Å². The molecule has 3 heterocycles. The van der Waals surface area contributed by atoms with Gasteiger partial charge in [-0.2, -0.15) is 0 Å². The molecule has 0 radical (unpaired) electrons. The molecule has 26 heavy (non-hydrogen) atoms. The highest BCUT2D eigenvalue weighted by Crippen LogP contribution is 2.42. The number of rotatable bonds is 4. The van der Waals surface area contributed by atoms with Crippen molar-refractivity contribution in [2.45, 2.75) is 70.1 Å². The van der Waals surface area contributed by atoms with E-state index in [-0.39, 0.29) is 12.1 Å².